The molecular formula is C21H18ClN3O3. The summed E-state index contributed by atoms with van der Waals surface area (Å²) in [6.07, 6.45) is 0. The van der Waals surface area contributed by atoms with Crippen molar-refractivity contribution in [3.63, 3.8) is 0 Å². The summed E-state index contributed by atoms with van der Waals surface area (Å²) in [6.45, 7) is -0.245. The smallest absolute Gasteiger partial charge is 0.337 e. The van der Waals surface area contributed by atoms with Gasteiger partial charge in [-0.1, -0.05) is 60.1 Å². The van der Waals surface area contributed by atoms with Crippen LogP contribution in [0.15, 0.2) is 78.9 Å². The number of rotatable bonds is 5. The molecule has 0 aromatic heterocycles. The van der Waals surface area contributed by atoms with Crippen LogP contribution >= 0.6 is 11.6 Å². The second kappa shape index (κ2) is 9.43. The number of urea groups is 1. The average molecular weight is 396 g/mol. The summed E-state index contributed by atoms with van der Waals surface area (Å²) in [5, 5.41) is 3.13. The zero-order valence-electron chi connectivity index (χ0n) is 14.8. The van der Waals surface area contributed by atoms with E-state index in [1.165, 1.54) is 0 Å². The highest BCUT2D eigenvalue weighted by molar-refractivity contribution is 6.30. The van der Waals surface area contributed by atoms with Gasteiger partial charge in [-0.3, -0.25) is 10.2 Å². The molecule has 3 N–H and O–H groups in total. The van der Waals surface area contributed by atoms with Gasteiger partial charge in [0.2, 0.25) is 0 Å². The van der Waals surface area contributed by atoms with Crippen LogP contribution in [-0.4, -0.2) is 18.5 Å². The maximum Gasteiger partial charge on any atom is 0.337 e. The predicted molar refractivity (Wildman–Crippen MR) is 109 cm³/mol. The molecule has 0 unspecified atom stereocenters. The van der Waals surface area contributed by atoms with Crippen molar-refractivity contribution in [1.29, 1.82) is 0 Å². The topological polar surface area (TPSA) is 79.5 Å². The molecule has 3 aromatic rings. The first-order valence-corrected chi connectivity index (χ1v) is 8.88. The van der Waals surface area contributed by atoms with Crippen molar-refractivity contribution >= 4 is 29.2 Å². The molecule has 0 saturated carbocycles. The van der Waals surface area contributed by atoms with Crippen molar-refractivity contribution in [2.45, 2.75) is 0 Å². The number of amides is 3. The van der Waals surface area contributed by atoms with Crippen molar-refractivity contribution in [2.75, 3.05) is 11.9 Å². The second-order valence-electron chi connectivity index (χ2n) is 5.79. The Balaban J connectivity index is 1.50. The van der Waals surface area contributed by atoms with Crippen LogP contribution in [0.2, 0.25) is 5.02 Å². The number of para-hydroxylation sites is 1. The monoisotopic (exact) mass is 395 g/mol. The van der Waals surface area contributed by atoms with E-state index in [1.807, 2.05) is 48.5 Å². The van der Waals surface area contributed by atoms with E-state index in [9.17, 15) is 9.59 Å². The minimum Gasteiger partial charge on any atom is -0.483 e. The Morgan fingerprint density at radius 3 is 2.25 bits per heavy atom. The summed E-state index contributed by atoms with van der Waals surface area (Å²) >= 11 is 5.79. The normalized spacial score (nSPS) is 10.0. The van der Waals surface area contributed by atoms with Crippen LogP contribution in [0.25, 0.3) is 11.1 Å². The lowest BCUT2D eigenvalue weighted by molar-refractivity contribution is -0.123. The minimum absolute atomic E-state index is 0.245. The highest BCUT2D eigenvalue weighted by Crippen LogP contribution is 2.29. The van der Waals surface area contributed by atoms with E-state index < -0.39 is 11.9 Å². The van der Waals surface area contributed by atoms with Crippen molar-refractivity contribution < 1.29 is 14.3 Å². The van der Waals surface area contributed by atoms with Gasteiger partial charge in [-0.2, -0.15) is 0 Å². The van der Waals surface area contributed by atoms with Gasteiger partial charge in [0.25, 0.3) is 5.91 Å². The molecule has 0 aliphatic rings. The molecule has 0 heterocycles. The van der Waals surface area contributed by atoms with Crippen LogP contribution in [0.4, 0.5) is 10.5 Å². The highest BCUT2D eigenvalue weighted by Gasteiger charge is 2.09. The molecular weight excluding hydrogens is 378 g/mol. The van der Waals surface area contributed by atoms with Crippen LogP contribution in [0.1, 0.15) is 0 Å². The van der Waals surface area contributed by atoms with E-state index in [0.717, 1.165) is 11.1 Å². The molecule has 0 fully saturated rings. The third-order valence-electron chi connectivity index (χ3n) is 3.75. The lowest BCUT2D eigenvalue weighted by atomic mass is 10.1. The molecule has 0 bridgehead atoms. The molecule has 3 aromatic carbocycles. The Labute approximate surface area is 167 Å². The zero-order chi connectivity index (χ0) is 19.8. The fourth-order valence-electron chi connectivity index (χ4n) is 2.45. The summed E-state index contributed by atoms with van der Waals surface area (Å²) in [7, 11) is 0. The summed E-state index contributed by atoms with van der Waals surface area (Å²) in [5.74, 6) is 0.0867. The van der Waals surface area contributed by atoms with Crippen molar-refractivity contribution in [1.82, 2.24) is 10.9 Å². The quantitative estimate of drug-likeness (QED) is 0.565. The van der Waals surface area contributed by atoms with E-state index in [1.54, 1.807) is 30.3 Å². The highest BCUT2D eigenvalue weighted by atomic mass is 35.5. The molecule has 0 saturated heterocycles. The second-order valence-corrected chi connectivity index (χ2v) is 6.22. The van der Waals surface area contributed by atoms with Crippen LogP contribution in [0.5, 0.6) is 5.75 Å². The van der Waals surface area contributed by atoms with Gasteiger partial charge in [0.1, 0.15) is 5.75 Å². The molecule has 3 amide bonds. The van der Waals surface area contributed by atoms with E-state index >= 15 is 0 Å². The zero-order valence-corrected chi connectivity index (χ0v) is 15.6. The SMILES string of the molecule is O=C(COc1ccccc1-c1ccccc1)NNC(=O)Nc1ccc(Cl)cc1. The van der Waals surface area contributed by atoms with E-state index in [-0.39, 0.29) is 6.61 Å². The molecule has 6 nitrogen and oxygen atoms in total. The number of hydrogen-bond acceptors (Lipinski definition) is 3. The maximum absolute atomic E-state index is 12.0. The number of nitrogens with one attached hydrogen (secondary N) is 3. The third-order valence-corrected chi connectivity index (χ3v) is 4.00. The van der Waals surface area contributed by atoms with Gasteiger partial charge in [0, 0.05) is 16.3 Å². The lowest BCUT2D eigenvalue weighted by Crippen LogP contribution is -2.45. The largest absolute Gasteiger partial charge is 0.483 e. The molecule has 7 heteroatoms. The first-order valence-electron chi connectivity index (χ1n) is 8.50. The Kier molecular flexibility index (Phi) is 6.49. The van der Waals surface area contributed by atoms with Crippen LogP contribution in [-0.2, 0) is 4.79 Å². The fraction of sp³-hybridized carbons (Fsp3) is 0.0476. The number of carbonyl (C=O) groups is 2. The molecule has 3 rings (SSSR count). The number of ether oxygens (including phenoxy) is 1. The summed E-state index contributed by atoms with van der Waals surface area (Å²) in [6, 6.07) is 23.2. The fourth-order valence-corrected chi connectivity index (χ4v) is 2.58. The van der Waals surface area contributed by atoms with E-state index in [4.69, 9.17) is 16.3 Å². The average Bonchev–Trinajstić information content (AvgIpc) is 2.73. The van der Waals surface area contributed by atoms with E-state index in [0.29, 0.717) is 16.5 Å². The third kappa shape index (κ3) is 5.49. The number of halogens is 1. The molecule has 0 spiro atoms. The first kappa shape index (κ1) is 19.3. The molecule has 0 radical (unpaired) electrons. The van der Waals surface area contributed by atoms with Crippen molar-refractivity contribution in [3.8, 4) is 16.9 Å². The predicted octanol–water partition coefficient (Wildman–Crippen LogP) is 4.24. The van der Waals surface area contributed by atoms with Gasteiger partial charge >= 0.3 is 6.03 Å². The van der Waals surface area contributed by atoms with Gasteiger partial charge in [-0.15, -0.1) is 0 Å². The molecule has 0 aliphatic heterocycles. The Hall–Kier alpha value is -3.51. The van der Waals surface area contributed by atoms with Crippen molar-refractivity contribution in [3.05, 3.63) is 83.9 Å². The van der Waals surface area contributed by atoms with Gasteiger partial charge in [0.15, 0.2) is 6.61 Å². The lowest BCUT2D eigenvalue weighted by Gasteiger charge is -2.12. The van der Waals surface area contributed by atoms with Crippen LogP contribution < -0.4 is 20.9 Å². The molecule has 28 heavy (non-hydrogen) atoms. The summed E-state index contributed by atoms with van der Waals surface area (Å²) in [4.78, 5) is 23.8. The summed E-state index contributed by atoms with van der Waals surface area (Å²) in [5.41, 5.74) is 6.97. The van der Waals surface area contributed by atoms with Gasteiger partial charge in [-0.25, -0.2) is 10.2 Å². The number of hydrazine groups is 1. The summed E-state index contributed by atoms with van der Waals surface area (Å²) < 4.78 is 5.62. The number of benzene rings is 3. The van der Waals surface area contributed by atoms with E-state index in [2.05, 4.69) is 16.2 Å². The molecule has 142 valence electrons. The Bertz CT molecular complexity index is 947. The van der Waals surface area contributed by atoms with Gasteiger partial charge < -0.3 is 10.1 Å². The number of anilines is 1. The Morgan fingerprint density at radius 1 is 0.821 bits per heavy atom. The molecule has 0 aliphatic carbocycles. The van der Waals surface area contributed by atoms with Crippen LogP contribution in [0.3, 0.4) is 0 Å². The first-order chi connectivity index (χ1) is 13.6. The van der Waals surface area contributed by atoms with Gasteiger partial charge in [0.05, 0.1) is 0 Å². The minimum atomic E-state index is -0.583. The van der Waals surface area contributed by atoms with Gasteiger partial charge in [-0.05, 0) is 35.9 Å². The number of hydrogen-bond donors (Lipinski definition) is 3. The molecule has 0 atom stereocenters. The maximum atomic E-state index is 12.0. The van der Waals surface area contributed by atoms with Crippen molar-refractivity contribution in [2.24, 2.45) is 0 Å². The Morgan fingerprint density at radius 2 is 1.50 bits per heavy atom. The van der Waals surface area contributed by atoms with Crippen LogP contribution in [0, 0.1) is 0 Å². The number of carbonyl (C=O) groups excluding carboxylic acids is 2. The standard InChI is InChI=1S/C21H18ClN3O3/c22-16-10-12-17(13-11-16)23-21(27)25-24-20(26)14-28-19-9-5-4-8-18(19)15-6-2-1-3-7-15/h1-13H,14H2,(H,24,26)(H2,23,25,27).